The van der Waals surface area contributed by atoms with Gasteiger partial charge < -0.3 is 46.9 Å². The van der Waals surface area contributed by atoms with Crippen LogP contribution in [0.1, 0.15) is 56.5 Å². The van der Waals surface area contributed by atoms with Crippen LogP contribution in [0.4, 0.5) is 0 Å². The fraction of sp³-hybridized carbons (Fsp3) is 0.533. The highest BCUT2D eigenvalue weighted by molar-refractivity contribution is 7.44. The molecule has 0 saturated carbocycles. The predicted molar refractivity (Wildman–Crippen MR) is 233 cm³/mol. The number of nitriles is 1. The van der Waals surface area contributed by atoms with Crippen molar-refractivity contribution >= 4 is 24.2 Å². The van der Waals surface area contributed by atoms with Crippen molar-refractivity contribution in [3.8, 4) is 17.6 Å². The zero-order valence-corrected chi connectivity index (χ0v) is 37.5. The van der Waals surface area contributed by atoms with E-state index in [2.05, 4.69) is 48.7 Å². The van der Waals surface area contributed by atoms with Gasteiger partial charge in [0.1, 0.15) is 74.1 Å². The second-order valence-electron chi connectivity index (χ2n) is 16.9. The van der Waals surface area contributed by atoms with Crippen LogP contribution in [0.25, 0.3) is 0 Å². The molecule has 4 aliphatic rings. The van der Waals surface area contributed by atoms with Gasteiger partial charge in [-0.25, -0.2) is 9.35 Å². The summed E-state index contributed by atoms with van der Waals surface area (Å²) in [7, 11) is 14.7. The third kappa shape index (κ3) is 8.93. The van der Waals surface area contributed by atoms with Crippen LogP contribution in [-0.4, -0.2) is 136 Å². The molecular weight excluding hydrogens is 823 g/mol. The molecule has 4 bridgehead atoms. The number of nitrogens with zero attached hydrogens (tertiary/aromatic N) is 5. The normalized spacial score (nSPS) is 28.0. The van der Waals surface area contributed by atoms with Gasteiger partial charge in [0.2, 0.25) is 0 Å². The molecule has 3 aromatic carbocycles. The highest BCUT2D eigenvalue weighted by Gasteiger charge is 2.63. The van der Waals surface area contributed by atoms with Gasteiger partial charge in [-0.15, -0.1) is 5.10 Å². The fourth-order valence-electron chi connectivity index (χ4n) is 9.19. The summed E-state index contributed by atoms with van der Waals surface area (Å²) < 4.78 is 67.2. The smallest absolute Gasteiger partial charge is 0.259 e. The highest BCUT2D eigenvalue weighted by atomic mass is 31.2. The third-order valence-electron chi connectivity index (χ3n) is 12.1. The number of fused-ring (bicyclic) bond motifs is 4. The van der Waals surface area contributed by atoms with Crippen molar-refractivity contribution in [2.45, 2.75) is 113 Å². The van der Waals surface area contributed by atoms with Crippen LogP contribution in [0.2, 0.25) is 0 Å². The van der Waals surface area contributed by atoms with Gasteiger partial charge in [-0.05, 0) is 68.7 Å². The first-order valence-electron chi connectivity index (χ1n) is 21.3. The molecular formula is C45H54B2N5O10P. The van der Waals surface area contributed by atoms with Crippen LogP contribution < -0.4 is 9.47 Å². The average molecular weight is 878 g/mol. The minimum absolute atomic E-state index is 0.0675. The van der Waals surface area contributed by atoms with E-state index in [4.69, 9.17) is 62.6 Å². The Kier molecular flexibility index (Phi) is 14.0. The Bertz CT molecular complexity index is 2110. The van der Waals surface area contributed by atoms with Crippen LogP contribution in [0.15, 0.2) is 85.1 Å². The Labute approximate surface area is 373 Å². The van der Waals surface area contributed by atoms with Crippen molar-refractivity contribution in [3.05, 3.63) is 107 Å². The van der Waals surface area contributed by atoms with E-state index in [1.54, 1.807) is 18.9 Å². The topological polar surface area (TPSA) is 150 Å². The van der Waals surface area contributed by atoms with E-state index in [0.29, 0.717) is 5.69 Å². The van der Waals surface area contributed by atoms with Crippen LogP contribution >= 0.6 is 8.53 Å². The summed E-state index contributed by atoms with van der Waals surface area (Å²) in [5, 5.41) is 18.1. The molecule has 5 unspecified atom stereocenters. The number of rotatable bonds is 21. The van der Waals surface area contributed by atoms with Gasteiger partial charge in [0.05, 0.1) is 72.5 Å². The Morgan fingerprint density at radius 3 is 1.98 bits per heavy atom. The summed E-state index contributed by atoms with van der Waals surface area (Å²) in [5.74, 6) is 1.44. The number of ether oxygens (including phenoxy) is 8. The number of methoxy groups -OCH3 is 2. The minimum Gasteiger partial charge on any atom is -0.497 e. The van der Waals surface area contributed by atoms with E-state index >= 15 is 0 Å². The van der Waals surface area contributed by atoms with Crippen LogP contribution in [0, 0.1) is 11.3 Å². The molecule has 4 radical (unpaired) electrons. The second kappa shape index (κ2) is 19.3. The molecule has 4 aliphatic heterocycles. The zero-order valence-electron chi connectivity index (χ0n) is 36.6. The first-order chi connectivity index (χ1) is 30.5. The molecule has 63 heavy (non-hydrogen) atoms. The molecule has 4 fully saturated rings. The van der Waals surface area contributed by atoms with Gasteiger partial charge >= 0.3 is 0 Å². The van der Waals surface area contributed by atoms with Crippen LogP contribution in [0.5, 0.6) is 11.5 Å². The number of hydrogen-bond acceptors (Lipinski definition) is 14. The molecule has 4 saturated heterocycles. The Morgan fingerprint density at radius 2 is 1.41 bits per heavy atom. The lowest BCUT2D eigenvalue weighted by atomic mass is 9.79. The van der Waals surface area contributed by atoms with Gasteiger partial charge in [0.15, 0.2) is 0 Å². The molecule has 8 rings (SSSR count). The maximum absolute atomic E-state index is 9.22. The van der Waals surface area contributed by atoms with Gasteiger partial charge in [0.25, 0.3) is 8.53 Å². The number of aromatic nitrogens is 3. The number of hydrogen-bond donors (Lipinski definition) is 0. The van der Waals surface area contributed by atoms with E-state index in [1.165, 1.54) is 0 Å². The Morgan fingerprint density at radius 1 is 0.841 bits per heavy atom. The van der Waals surface area contributed by atoms with Crippen molar-refractivity contribution < 1.29 is 46.9 Å². The van der Waals surface area contributed by atoms with Crippen molar-refractivity contribution in [2.24, 2.45) is 0 Å². The fourth-order valence-corrected chi connectivity index (χ4v) is 11.0. The summed E-state index contributed by atoms with van der Waals surface area (Å²) in [5.41, 5.74) is 0.107. The maximum atomic E-state index is 9.22. The van der Waals surface area contributed by atoms with Crippen molar-refractivity contribution in [1.82, 2.24) is 19.7 Å². The highest BCUT2D eigenvalue weighted by Crippen LogP contribution is 2.54. The maximum Gasteiger partial charge on any atom is 0.259 e. The average Bonchev–Trinajstić information content (AvgIpc) is 4.08. The molecule has 0 N–H and O–H groups in total. The van der Waals surface area contributed by atoms with Gasteiger partial charge in [-0.2, -0.15) is 5.26 Å². The Balaban J connectivity index is 1.01. The molecule has 330 valence electrons. The largest absolute Gasteiger partial charge is 0.497 e. The molecule has 4 aromatic rings. The molecule has 9 atom stereocenters. The second-order valence-corrected chi connectivity index (χ2v) is 18.3. The van der Waals surface area contributed by atoms with Crippen molar-refractivity contribution in [3.63, 3.8) is 0 Å². The first kappa shape index (κ1) is 45.7. The summed E-state index contributed by atoms with van der Waals surface area (Å²) in [6.45, 7) is 9.43. The van der Waals surface area contributed by atoms with Gasteiger partial charge in [-0.1, -0.05) is 59.8 Å². The van der Waals surface area contributed by atoms with E-state index in [-0.39, 0.29) is 58.1 Å². The lowest BCUT2D eigenvalue weighted by molar-refractivity contribution is -0.169. The molecule has 15 nitrogen and oxygen atoms in total. The summed E-state index contributed by atoms with van der Waals surface area (Å²) >= 11 is 0. The standard InChI is InChI=1S/C45H54B2N5O10P/c1-29(2)52(30(3)4)63(59-22-10-21-48)62-40-38-42(47)60-43(40,26-56-38)25-51-23-34(49-50-51)24-55-39-37-41(46)61-44(39,27-57-37)28-58-45(31-11-8-7-9-12-31,32-13-17-35(53-5)18-14-32)33-15-19-36(54-6)20-16-33/h7-9,11-20,23,29-30,37-42H,10,22,24-28H2,1-6H3/t37?,38?,39?,40?,41-,42-,43+,44-,63?/m1/s1. The lowest BCUT2D eigenvalue weighted by Gasteiger charge is -2.40. The third-order valence-corrected chi connectivity index (χ3v) is 14.2. The Hall–Kier alpha value is -3.91. The summed E-state index contributed by atoms with van der Waals surface area (Å²) in [6, 6.07) is 26.7. The van der Waals surface area contributed by atoms with E-state index in [1.807, 2.05) is 85.1 Å². The summed E-state index contributed by atoms with van der Waals surface area (Å²) in [4.78, 5) is 0. The SMILES string of the molecule is [B][C@@H]1O[C@@]2(COC(c3ccccc3)(c3ccc(OC)cc3)c3ccc(OC)cc3)COC1C2OCc1cn(C[C@]23COC(C2OP(OCCC#N)N(C(C)C)C(C)C)[C@H]([B])O3)nn1. The van der Waals surface area contributed by atoms with Crippen molar-refractivity contribution in [2.75, 3.05) is 40.6 Å². The zero-order chi connectivity index (χ0) is 44.4. The lowest BCUT2D eigenvalue weighted by Crippen LogP contribution is -2.49. The van der Waals surface area contributed by atoms with Crippen LogP contribution in [0.3, 0.4) is 0 Å². The molecule has 5 heterocycles. The molecule has 1 aromatic heterocycles. The first-order valence-corrected chi connectivity index (χ1v) is 22.4. The predicted octanol–water partition coefficient (Wildman–Crippen LogP) is 5.18. The molecule has 0 spiro atoms. The molecule has 0 aliphatic carbocycles. The van der Waals surface area contributed by atoms with Crippen LogP contribution in [-0.2, 0) is 56.2 Å². The summed E-state index contributed by atoms with van der Waals surface area (Å²) in [6.07, 6.45) is -0.173. The number of benzene rings is 3. The monoisotopic (exact) mass is 877 g/mol. The van der Waals surface area contributed by atoms with Crippen molar-refractivity contribution in [1.29, 1.82) is 5.26 Å². The molecule has 0 amide bonds. The van der Waals surface area contributed by atoms with E-state index in [0.717, 1.165) is 28.2 Å². The molecule has 18 heteroatoms. The quantitative estimate of drug-likeness (QED) is 0.0469. The minimum atomic E-state index is -1.59. The van der Waals surface area contributed by atoms with E-state index < -0.39 is 61.8 Å². The van der Waals surface area contributed by atoms with Gasteiger partial charge in [0, 0.05) is 24.1 Å². The van der Waals surface area contributed by atoms with E-state index in [9.17, 15) is 5.26 Å². The van der Waals surface area contributed by atoms with Gasteiger partial charge in [-0.3, -0.25) is 0 Å².